The van der Waals surface area contributed by atoms with Crippen LogP contribution < -0.4 is 10.1 Å². The Hall–Kier alpha value is -1.62. The van der Waals surface area contributed by atoms with Gasteiger partial charge in [0.25, 0.3) is 5.91 Å². The Morgan fingerprint density at radius 3 is 2.72 bits per heavy atom. The molecule has 0 aliphatic heterocycles. The van der Waals surface area contributed by atoms with Crippen LogP contribution in [0.4, 0.5) is 4.39 Å². The Morgan fingerprint density at radius 1 is 1.44 bits per heavy atom. The number of ether oxygens (including phenoxy) is 1. The lowest BCUT2D eigenvalue weighted by molar-refractivity contribution is -0.123. The van der Waals surface area contributed by atoms with Gasteiger partial charge in [0.1, 0.15) is 0 Å². The minimum atomic E-state index is -0.499. The standard InChI is InChI=1S/C13H18FNO3/c1-13(2,9-16)8-15-12(17)7-18-11-6-4-3-5-10(11)14/h3-6,16H,7-9H2,1-2H3,(H,15,17). The summed E-state index contributed by atoms with van der Waals surface area (Å²) in [5, 5.41) is 11.6. The fraction of sp³-hybridized carbons (Fsp3) is 0.462. The molecule has 1 rings (SSSR count). The van der Waals surface area contributed by atoms with Crippen LogP contribution in [-0.2, 0) is 4.79 Å². The van der Waals surface area contributed by atoms with Crippen molar-refractivity contribution in [2.45, 2.75) is 13.8 Å². The van der Waals surface area contributed by atoms with Crippen LogP contribution in [-0.4, -0.2) is 30.8 Å². The molecule has 0 saturated carbocycles. The molecule has 0 atom stereocenters. The van der Waals surface area contributed by atoms with Crippen molar-refractivity contribution < 1.29 is 19.0 Å². The van der Waals surface area contributed by atoms with Gasteiger partial charge < -0.3 is 15.2 Å². The highest BCUT2D eigenvalue weighted by Gasteiger charge is 2.17. The van der Waals surface area contributed by atoms with Crippen molar-refractivity contribution in [2.24, 2.45) is 5.41 Å². The van der Waals surface area contributed by atoms with Crippen molar-refractivity contribution in [1.82, 2.24) is 5.32 Å². The summed E-state index contributed by atoms with van der Waals surface area (Å²) in [4.78, 5) is 11.5. The number of hydrogen-bond donors (Lipinski definition) is 2. The Labute approximate surface area is 106 Å². The lowest BCUT2D eigenvalue weighted by Gasteiger charge is -2.21. The van der Waals surface area contributed by atoms with Gasteiger partial charge in [-0.1, -0.05) is 26.0 Å². The van der Waals surface area contributed by atoms with Gasteiger partial charge in [-0.3, -0.25) is 4.79 Å². The predicted octanol–water partition coefficient (Wildman–Crippen LogP) is 1.34. The van der Waals surface area contributed by atoms with Gasteiger partial charge in [-0.05, 0) is 12.1 Å². The number of rotatable bonds is 6. The monoisotopic (exact) mass is 255 g/mol. The number of carbonyl (C=O) groups is 1. The molecule has 18 heavy (non-hydrogen) atoms. The predicted molar refractivity (Wildman–Crippen MR) is 65.8 cm³/mol. The first-order valence-corrected chi connectivity index (χ1v) is 5.69. The number of nitrogens with one attached hydrogen (secondary N) is 1. The largest absolute Gasteiger partial charge is 0.481 e. The van der Waals surface area contributed by atoms with Crippen LogP contribution in [0.25, 0.3) is 0 Å². The number of halogens is 1. The molecule has 0 radical (unpaired) electrons. The normalized spacial score (nSPS) is 11.1. The van der Waals surface area contributed by atoms with Crippen molar-refractivity contribution in [2.75, 3.05) is 19.8 Å². The van der Waals surface area contributed by atoms with Crippen LogP contribution in [0.2, 0.25) is 0 Å². The molecule has 1 amide bonds. The number of aliphatic hydroxyl groups excluding tert-OH is 1. The summed E-state index contributed by atoms with van der Waals surface area (Å²) in [5.74, 6) is -0.796. The number of para-hydroxylation sites is 1. The fourth-order valence-electron chi connectivity index (χ4n) is 1.15. The second kappa shape index (κ2) is 6.35. The topological polar surface area (TPSA) is 58.6 Å². The molecule has 1 aromatic carbocycles. The van der Waals surface area contributed by atoms with Gasteiger partial charge in [-0.15, -0.1) is 0 Å². The quantitative estimate of drug-likeness (QED) is 0.806. The van der Waals surface area contributed by atoms with Gasteiger partial charge in [0.05, 0.1) is 0 Å². The van der Waals surface area contributed by atoms with E-state index in [1.54, 1.807) is 12.1 Å². The summed E-state index contributed by atoms with van der Waals surface area (Å²) in [6.07, 6.45) is 0. The van der Waals surface area contributed by atoms with Gasteiger partial charge in [0.15, 0.2) is 18.2 Å². The molecule has 1 aromatic rings. The minimum absolute atomic E-state index is 0.0263. The van der Waals surface area contributed by atoms with Gasteiger partial charge in [-0.25, -0.2) is 4.39 Å². The average molecular weight is 255 g/mol. The van der Waals surface area contributed by atoms with Gasteiger partial charge in [0, 0.05) is 18.6 Å². The minimum Gasteiger partial charge on any atom is -0.481 e. The molecule has 0 unspecified atom stereocenters. The van der Waals surface area contributed by atoms with Crippen molar-refractivity contribution >= 4 is 5.91 Å². The molecular formula is C13H18FNO3. The third-order valence-electron chi connectivity index (χ3n) is 2.39. The number of carbonyl (C=O) groups excluding carboxylic acids is 1. The van der Waals surface area contributed by atoms with Gasteiger partial charge in [0.2, 0.25) is 0 Å². The number of benzene rings is 1. The molecule has 100 valence electrons. The molecular weight excluding hydrogens is 237 g/mol. The Balaban J connectivity index is 2.36. The average Bonchev–Trinajstić information content (AvgIpc) is 2.35. The molecule has 0 spiro atoms. The number of amides is 1. The second-order valence-corrected chi connectivity index (χ2v) is 4.82. The third kappa shape index (κ3) is 4.71. The Kier molecular flexibility index (Phi) is 5.09. The van der Waals surface area contributed by atoms with E-state index >= 15 is 0 Å². The summed E-state index contributed by atoms with van der Waals surface area (Å²) < 4.78 is 18.2. The maximum absolute atomic E-state index is 13.2. The van der Waals surface area contributed by atoms with E-state index < -0.39 is 5.82 Å². The van der Waals surface area contributed by atoms with E-state index in [1.807, 2.05) is 13.8 Å². The van der Waals surface area contributed by atoms with E-state index in [4.69, 9.17) is 9.84 Å². The summed E-state index contributed by atoms with van der Waals surface area (Å²) in [7, 11) is 0. The van der Waals surface area contributed by atoms with Crippen molar-refractivity contribution in [1.29, 1.82) is 0 Å². The molecule has 0 saturated heterocycles. The van der Waals surface area contributed by atoms with Crippen LogP contribution >= 0.6 is 0 Å². The molecule has 0 aliphatic rings. The highest BCUT2D eigenvalue weighted by Crippen LogP contribution is 2.15. The summed E-state index contributed by atoms with van der Waals surface area (Å²) >= 11 is 0. The first-order valence-electron chi connectivity index (χ1n) is 5.69. The molecule has 4 nitrogen and oxygen atoms in total. The van der Waals surface area contributed by atoms with E-state index in [1.165, 1.54) is 12.1 Å². The van der Waals surface area contributed by atoms with Gasteiger partial charge >= 0.3 is 0 Å². The Morgan fingerprint density at radius 2 is 2.11 bits per heavy atom. The number of aliphatic hydroxyl groups is 1. The van der Waals surface area contributed by atoms with Crippen LogP contribution in [0.1, 0.15) is 13.8 Å². The summed E-state index contributed by atoms with van der Waals surface area (Å²) in [6.45, 7) is 3.71. The van der Waals surface area contributed by atoms with E-state index in [0.717, 1.165) is 0 Å². The van der Waals surface area contributed by atoms with Crippen LogP contribution in [0.15, 0.2) is 24.3 Å². The maximum atomic E-state index is 13.2. The zero-order valence-electron chi connectivity index (χ0n) is 10.6. The Bertz CT molecular complexity index is 407. The van der Waals surface area contributed by atoms with Crippen LogP contribution in [0, 0.1) is 11.2 Å². The molecule has 5 heteroatoms. The molecule has 2 N–H and O–H groups in total. The zero-order valence-corrected chi connectivity index (χ0v) is 10.6. The van der Waals surface area contributed by atoms with Gasteiger partial charge in [-0.2, -0.15) is 0 Å². The fourth-order valence-corrected chi connectivity index (χ4v) is 1.15. The maximum Gasteiger partial charge on any atom is 0.257 e. The lowest BCUT2D eigenvalue weighted by atomic mass is 9.95. The highest BCUT2D eigenvalue weighted by molar-refractivity contribution is 5.77. The van der Waals surface area contributed by atoms with Crippen molar-refractivity contribution in [3.05, 3.63) is 30.1 Å². The first-order chi connectivity index (χ1) is 8.44. The lowest BCUT2D eigenvalue weighted by Crippen LogP contribution is -2.38. The van der Waals surface area contributed by atoms with E-state index in [2.05, 4.69) is 5.32 Å². The van der Waals surface area contributed by atoms with Crippen molar-refractivity contribution in [3.8, 4) is 5.75 Å². The third-order valence-corrected chi connectivity index (χ3v) is 2.39. The van der Waals surface area contributed by atoms with E-state index in [9.17, 15) is 9.18 Å². The van der Waals surface area contributed by atoms with Crippen LogP contribution in [0.3, 0.4) is 0 Å². The number of hydrogen-bond acceptors (Lipinski definition) is 3. The second-order valence-electron chi connectivity index (χ2n) is 4.82. The SMILES string of the molecule is CC(C)(CO)CNC(=O)COc1ccccc1F. The molecule has 0 heterocycles. The summed E-state index contributed by atoms with van der Waals surface area (Å²) in [5.41, 5.74) is -0.381. The molecule has 0 aliphatic carbocycles. The van der Waals surface area contributed by atoms with E-state index in [-0.39, 0.29) is 30.3 Å². The molecule has 0 bridgehead atoms. The van der Waals surface area contributed by atoms with Crippen LogP contribution in [0.5, 0.6) is 5.75 Å². The summed E-state index contributed by atoms with van der Waals surface area (Å²) in [6, 6.07) is 5.90. The zero-order chi connectivity index (χ0) is 13.6. The highest BCUT2D eigenvalue weighted by atomic mass is 19.1. The smallest absolute Gasteiger partial charge is 0.257 e. The molecule has 0 fully saturated rings. The van der Waals surface area contributed by atoms with E-state index in [0.29, 0.717) is 6.54 Å². The van der Waals surface area contributed by atoms with Crippen molar-refractivity contribution in [3.63, 3.8) is 0 Å². The first kappa shape index (κ1) is 14.4. The molecule has 0 aromatic heterocycles.